The van der Waals surface area contributed by atoms with E-state index in [1.165, 1.54) is 0 Å². The average molecular weight is 432 g/mol. The zero-order chi connectivity index (χ0) is 22.5. The van der Waals surface area contributed by atoms with E-state index in [1.54, 1.807) is 6.92 Å². The topological polar surface area (TPSA) is 82.7 Å². The summed E-state index contributed by atoms with van der Waals surface area (Å²) < 4.78 is 5.11. The van der Waals surface area contributed by atoms with Crippen LogP contribution in [0.4, 0.5) is 0 Å². The molecule has 0 spiro atoms. The lowest BCUT2D eigenvalue weighted by Gasteiger charge is -2.37. The lowest BCUT2D eigenvalue weighted by atomic mass is 9.93. The van der Waals surface area contributed by atoms with Gasteiger partial charge in [0.1, 0.15) is 5.69 Å². The molecular formula is C24H37N3O4. The number of piperidine rings is 2. The number of likely N-dealkylation sites (tertiary alicyclic amines) is 2. The van der Waals surface area contributed by atoms with E-state index in [0.717, 1.165) is 62.1 Å². The van der Waals surface area contributed by atoms with Crippen molar-refractivity contribution in [2.75, 3.05) is 32.8 Å². The van der Waals surface area contributed by atoms with Crippen LogP contribution >= 0.6 is 0 Å². The van der Waals surface area contributed by atoms with E-state index in [4.69, 9.17) is 4.74 Å². The number of ether oxygens (including phenoxy) is 1. The molecule has 0 radical (unpaired) electrons. The van der Waals surface area contributed by atoms with Crippen molar-refractivity contribution in [2.45, 2.75) is 66.2 Å². The molecule has 2 aliphatic rings. The van der Waals surface area contributed by atoms with Gasteiger partial charge in [-0.25, -0.2) is 4.79 Å². The van der Waals surface area contributed by atoms with Crippen LogP contribution in [0.2, 0.25) is 0 Å². The Labute approximate surface area is 185 Å². The van der Waals surface area contributed by atoms with Crippen LogP contribution in [0.1, 0.15) is 73.3 Å². The maximum absolute atomic E-state index is 13.0. The fourth-order valence-corrected chi connectivity index (χ4v) is 4.85. The second kappa shape index (κ2) is 10.3. The van der Waals surface area contributed by atoms with Gasteiger partial charge in [0.25, 0.3) is 0 Å². The maximum Gasteiger partial charge on any atom is 0.355 e. The number of nitrogens with one attached hydrogen (secondary N) is 1. The van der Waals surface area contributed by atoms with Crippen molar-refractivity contribution in [3.8, 4) is 0 Å². The summed E-state index contributed by atoms with van der Waals surface area (Å²) >= 11 is 0. The quantitative estimate of drug-likeness (QED) is 0.701. The number of carbonyl (C=O) groups excluding carboxylic acids is 3. The number of H-pyrrole nitrogens is 1. The van der Waals surface area contributed by atoms with Gasteiger partial charge in [-0.05, 0) is 69.9 Å². The Morgan fingerprint density at radius 2 is 1.77 bits per heavy atom. The third kappa shape index (κ3) is 5.49. The minimum Gasteiger partial charge on any atom is -0.461 e. The number of aromatic amines is 1. The van der Waals surface area contributed by atoms with Gasteiger partial charge in [-0.2, -0.15) is 0 Å². The van der Waals surface area contributed by atoms with Crippen molar-refractivity contribution in [3.63, 3.8) is 0 Å². The summed E-state index contributed by atoms with van der Waals surface area (Å²) in [6.07, 6.45) is 4.85. The van der Waals surface area contributed by atoms with Gasteiger partial charge in [-0.3, -0.25) is 9.59 Å². The standard InChI is InChI=1S/C24H37N3O4/c1-5-31-24(30)22-17(3)20(18(4)25-22)8-9-21(28)27-12-6-7-19(15-27)23(29)26-13-10-16(2)11-14-26/h16,19,25H,5-15H2,1-4H3/t19-/m0/s1. The lowest BCUT2D eigenvalue weighted by Crippen LogP contribution is -2.48. The second-order valence-corrected chi connectivity index (χ2v) is 9.14. The minimum absolute atomic E-state index is 0.0720. The van der Waals surface area contributed by atoms with E-state index < -0.39 is 0 Å². The molecule has 3 rings (SSSR count). The molecule has 2 amide bonds. The third-order valence-corrected chi connectivity index (χ3v) is 6.88. The number of amides is 2. The highest BCUT2D eigenvalue weighted by Gasteiger charge is 2.32. The molecule has 7 heteroatoms. The summed E-state index contributed by atoms with van der Waals surface area (Å²) in [5, 5.41) is 0. The molecule has 3 heterocycles. The van der Waals surface area contributed by atoms with Gasteiger partial charge in [-0.1, -0.05) is 6.92 Å². The van der Waals surface area contributed by atoms with Crippen molar-refractivity contribution in [3.05, 3.63) is 22.5 Å². The molecule has 172 valence electrons. The molecule has 2 fully saturated rings. The molecule has 0 bridgehead atoms. The smallest absolute Gasteiger partial charge is 0.355 e. The molecule has 0 saturated carbocycles. The highest BCUT2D eigenvalue weighted by molar-refractivity contribution is 5.90. The van der Waals surface area contributed by atoms with Gasteiger partial charge in [0, 0.05) is 38.3 Å². The SMILES string of the molecule is CCOC(=O)c1[nH]c(C)c(CCC(=O)N2CCC[C@H](C(=O)N3CCC(C)CC3)C2)c1C. The number of nitrogens with zero attached hydrogens (tertiary/aromatic N) is 2. The molecule has 31 heavy (non-hydrogen) atoms. The average Bonchev–Trinajstić information content (AvgIpc) is 3.05. The molecule has 1 atom stereocenters. The van der Waals surface area contributed by atoms with Crippen LogP contribution in [-0.4, -0.2) is 65.4 Å². The molecule has 0 aromatic carbocycles. The number of carbonyl (C=O) groups is 3. The molecule has 1 aromatic heterocycles. The van der Waals surface area contributed by atoms with E-state index in [2.05, 4.69) is 11.9 Å². The van der Waals surface area contributed by atoms with E-state index in [0.29, 0.717) is 37.6 Å². The van der Waals surface area contributed by atoms with Gasteiger partial charge >= 0.3 is 5.97 Å². The molecule has 0 unspecified atom stereocenters. The summed E-state index contributed by atoms with van der Waals surface area (Å²) in [5.41, 5.74) is 3.24. The van der Waals surface area contributed by atoms with Crippen LogP contribution in [0.5, 0.6) is 0 Å². The Morgan fingerprint density at radius 1 is 1.06 bits per heavy atom. The maximum atomic E-state index is 13.0. The van der Waals surface area contributed by atoms with Crippen LogP contribution in [0.15, 0.2) is 0 Å². The normalized spacial score (nSPS) is 20.1. The Hall–Kier alpha value is -2.31. The lowest BCUT2D eigenvalue weighted by molar-refractivity contribution is -0.141. The number of hydrogen-bond acceptors (Lipinski definition) is 4. The van der Waals surface area contributed by atoms with Gasteiger partial charge < -0.3 is 19.5 Å². The predicted molar refractivity (Wildman–Crippen MR) is 119 cm³/mol. The minimum atomic E-state index is -0.356. The zero-order valence-corrected chi connectivity index (χ0v) is 19.5. The first-order chi connectivity index (χ1) is 14.8. The molecule has 0 aliphatic carbocycles. The van der Waals surface area contributed by atoms with E-state index in [-0.39, 0.29) is 23.7 Å². The molecule has 2 aliphatic heterocycles. The third-order valence-electron chi connectivity index (χ3n) is 6.88. The van der Waals surface area contributed by atoms with Gasteiger partial charge in [0.15, 0.2) is 0 Å². The summed E-state index contributed by atoms with van der Waals surface area (Å²) in [7, 11) is 0. The van der Waals surface area contributed by atoms with Crippen molar-refractivity contribution >= 4 is 17.8 Å². The van der Waals surface area contributed by atoms with Crippen LogP contribution in [0, 0.1) is 25.7 Å². The number of hydrogen-bond donors (Lipinski definition) is 1. The molecule has 1 aromatic rings. The molecule has 1 N–H and O–H groups in total. The number of rotatable bonds is 6. The highest BCUT2D eigenvalue weighted by Crippen LogP contribution is 2.25. The van der Waals surface area contributed by atoms with Crippen molar-refractivity contribution in [1.29, 1.82) is 0 Å². The van der Waals surface area contributed by atoms with Gasteiger partial charge in [0.05, 0.1) is 12.5 Å². The summed E-state index contributed by atoms with van der Waals surface area (Å²) in [6, 6.07) is 0. The first-order valence-electron chi connectivity index (χ1n) is 11.7. The van der Waals surface area contributed by atoms with Crippen LogP contribution in [0.3, 0.4) is 0 Å². The summed E-state index contributed by atoms with van der Waals surface area (Å²) in [4.78, 5) is 45.0. The molecule has 2 saturated heterocycles. The Bertz CT molecular complexity index is 808. The summed E-state index contributed by atoms with van der Waals surface area (Å²) in [5.74, 6) is 0.573. The number of aryl methyl sites for hydroxylation is 1. The second-order valence-electron chi connectivity index (χ2n) is 9.14. The molecular weight excluding hydrogens is 394 g/mol. The Balaban J connectivity index is 1.56. The highest BCUT2D eigenvalue weighted by atomic mass is 16.5. The van der Waals surface area contributed by atoms with Crippen LogP contribution in [-0.2, 0) is 20.7 Å². The van der Waals surface area contributed by atoms with E-state index in [1.807, 2.05) is 23.6 Å². The number of aromatic nitrogens is 1. The first kappa shape index (κ1) is 23.4. The Morgan fingerprint density at radius 3 is 2.45 bits per heavy atom. The fourth-order valence-electron chi connectivity index (χ4n) is 4.85. The largest absolute Gasteiger partial charge is 0.461 e. The van der Waals surface area contributed by atoms with Gasteiger partial charge in [-0.15, -0.1) is 0 Å². The predicted octanol–water partition coefficient (Wildman–Crippen LogP) is 3.24. The monoisotopic (exact) mass is 431 g/mol. The Kier molecular flexibility index (Phi) is 7.79. The van der Waals surface area contributed by atoms with Gasteiger partial charge in [0.2, 0.25) is 11.8 Å². The van der Waals surface area contributed by atoms with E-state index in [9.17, 15) is 14.4 Å². The molecule has 7 nitrogen and oxygen atoms in total. The van der Waals surface area contributed by atoms with Crippen molar-refractivity contribution < 1.29 is 19.1 Å². The zero-order valence-electron chi connectivity index (χ0n) is 19.5. The summed E-state index contributed by atoms with van der Waals surface area (Å²) in [6.45, 7) is 11.1. The van der Waals surface area contributed by atoms with Crippen LogP contribution < -0.4 is 0 Å². The fraction of sp³-hybridized carbons (Fsp3) is 0.708. The first-order valence-corrected chi connectivity index (χ1v) is 11.7. The van der Waals surface area contributed by atoms with Crippen LogP contribution in [0.25, 0.3) is 0 Å². The van der Waals surface area contributed by atoms with Crippen molar-refractivity contribution in [1.82, 2.24) is 14.8 Å². The van der Waals surface area contributed by atoms with Crippen molar-refractivity contribution in [2.24, 2.45) is 11.8 Å². The number of esters is 1. The van der Waals surface area contributed by atoms with E-state index >= 15 is 0 Å².